The number of hydrogen-bond acceptors (Lipinski definition) is 5. The molecule has 1 amide bonds. The fourth-order valence-corrected chi connectivity index (χ4v) is 3.10. The average molecular weight is 282 g/mol. The summed E-state index contributed by atoms with van der Waals surface area (Å²) in [5, 5.41) is 13.6. The molecular formula is C12H14N2O2S2. The third kappa shape index (κ3) is 3.90. The zero-order chi connectivity index (χ0) is 12.8. The largest absolute Gasteiger partial charge is 0.289 e. The van der Waals surface area contributed by atoms with Crippen LogP contribution in [0.4, 0.5) is 0 Å². The maximum absolute atomic E-state index is 10.9. The SMILES string of the molecule is O=C(CCc1csc(CCc2cccs2)n1)NO. The normalized spacial score (nSPS) is 10.5. The van der Waals surface area contributed by atoms with Gasteiger partial charge in [-0.25, -0.2) is 10.5 Å². The highest BCUT2D eigenvalue weighted by Gasteiger charge is 2.05. The van der Waals surface area contributed by atoms with Gasteiger partial charge in [0.05, 0.1) is 10.7 Å². The van der Waals surface area contributed by atoms with Crippen molar-refractivity contribution in [1.29, 1.82) is 0 Å². The van der Waals surface area contributed by atoms with Gasteiger partial charge in [0.1, 0.15) is 0 Å². The number of amides is 1. The van der Waals surface area contributed by atoms with Crippen LogP contribution >= 0.6 is 22.7 Å². The summed E-state index contributed by atoms with van der Waals surface area (Å²) < 4.78 is 0. The highest BCUT2D eigenvalue weighted by Crippen LogP contribution is 2.16. The van der Waals surface area contributed by atoms with Gasteiger partial charge in [0, 0.05) is 23.1 Å². The first-order chi connectivity index (χ1) is 8.78. The van der Waals surface area contributed by atoms with E-state index in [9.17, 15) is 4.79 Å². The molecule has 0 atom stereocenters. The summed E-state index contributed by atoms with van der Waals surface area (Å²) in [4.78, 5) is 16.7. The van der Waals surface area contributed by atoms with Crippen LogP contribution in [0.5, 0.6) is 0 Å². The Labute approximate surface area is 113 Å². The van der Waals surface area contributed by atoms with Crippen LogP contribution in [-0.4, -0.2) is 16.1 Å². The summed E-state index contributed by atoms with van der Waals surface area (Å²) in [6.45, 7) is 0. The number of carbonyl (C=O) groups excluding carboxylic acids is 1. The third-order valence-corrected chi connectivity index (χ3v) is 4.39. The van der Waals surface area contributed by atoms with Gasteiger partial charge in [-0.1, -0.05) is 6.07 Å². The van der Waals surface area contributed by atoms with Crippen molar-refractivity contribution in [3.8, 4) is 0 Å². The number of rotatable bonds is 6. The van der Waals surface area contributed by atoms with Crippen molar-refractivity contribution < 1.29 is 10.0 Å². The molecule has 2 heterocycles. The van der Waals surface area contributed by atoms with Crippen molar-refractivity contribution >= 4 is 28.6 Å². The number of nitrogens with zero attached hydrogens (tertiary/aromatic N) is 1. The fraction of sp³-hybridized carbons (Fsp3) is 0.333. The molecule has 6 heteroatoms. The van der Waals surface area contributed by atoms with Crippen molar-refractivity contribution in [2.24, 2.45) is 0 Å². The molecule has 2 rings (SSSR count). The number of aromatic nitrogens is 1. The van der Waals surface area contributed by atoms with E-state index >= 15 is 0 Å². The zero-order valence-corrected chi connectivity index (χ0v) is 11.4. The van der Waals surface area contributed by atoms with Crippen LogP contribution in [0.3, 0.4) is 0 Å². The van der Waals surface area contributed by atoms with E-state index in [4.69, 9.17) is 5.21 Å². The predicted octanol–water partition coefficient (Wildman–Crippen LogP) is 2.43. The zero-order valence-electron chi connectivity index (χ0n) is 9.76. The number of carbonyl (C=O) groups is 1. The maximum Gasteiger partial charge on any atom is 0.243 e. The van der Waals surface area contributed by atoms with Gasteiger partial charge in [-0.15, -0.1) is 22.7 Å². The number of thiazole rings is 1. The minimum Gasteiger partial charge on any atom is -0.289 e. The van der Waals surface area contributed by atoms with Crippen molar-refractivity contribution in [3.63, 3.8) is 0 Å². The molecule has 2 aromatic heterocycles. The number of hydrogen-bond donors (Lipinski definition) is 2. The third-order valence-electron chi connectivity index (χ3n) is 2.50. The molecule has 0 aliphatic rings. The first-order valence-corrected chi connectivity index (χ1v) is 7.42. The van der Waals surface area contributed by atoms with Crippen LogP contribution in [0.15, 0.2) is 22.9 Å². The Balaban J connectivity index is 1.80. The highest BCUT2D eigenvalue weighted by atomic mass is 32.1. The molecule has 0 radical (unpaired) electrons. The summed E-state index contributed by atoms with van der Waals surface area (Å²) >= 11 is 3.39. The Kier molecular flexibility index (Phi) is 4.86. The molecule has 0 aromatic carbocycles. The lowest BCUT2D eigenvalue weighted by molar-refractivity contribution is -0.129. The van der Waals surface area contributed by atoms with E-state index < -0.39 is 0 Å². The molecule has 2 N–H and O–H groups in total. The smallest absolute Gasteiger partial charge is 0.243 e. The highest BCUT2D eigenvalue weighted by molar-refractivity contribution is 7.10. The Morgan fingerprint density at radius 3 is 2.94 bits per heavy atom. The minimum absolute atomic E-state index is 0.268. The van der Waals surface area contributed by atoms with E-state index in [1.165, 1.54) is 4.88 Å². The Bertz CT molecular complexity index is 494. The van der Waals surface area contributed by atoms with Gasteiger partial charge in [-0.2, -0.15) is 0 Å². The number of aryl methyl sites for hydroxylation is 3. The van der Waals surface area contributed by atoms with Gasteiger partial charge < -0.3 is 0 Å². The van der Waals surface area contributed by atoms with Crippen molar-refractivity contribution in [2.45, 2.75) is 25.7 Å². The lowest BCUT2D eigenvalue weighted by atomic mass is 10.2. The van der Waals surface area contributed by atoms with E-state index in [1.54, 1.807) is 28.2 Å². The first-order valence-electron chi connectivity index (χ1n) is 5.66. The van der Waals surface area contributed by atoms with E-state index in [2.05, 4.69) is 22.5 Å². The second-order valence-corrected chi connectivity index (χ2v) is 5.82. The Morgan fingerprint density at radius 2 is 2.22 bits per heavy atom. The summed E-state index contributed by atoms with van der Waals surface area (Å²) in [5.74, 6) is -0.372. The molecule has 2 aromatic rings. The summed E-state index contributed by atoms with van der Waals surface area (Å²) in [7, 11) is 0. The van der Waals surface area contributed by atoms with Gasteiger partial charge in [0.25, 0.3) is 0 Å². The molecule has 0 bridgehead atoms. The number of nitrogens with one attached hydrogen (secondary N) is 1. The molecular weight excluding hydrogens is 268 g/mol. The van der Waals surface area contributed by atoms with Crippen LogP contribution in [0.2, 0.25) is 0 Å². The molecule has 0 saturated heterocycles. The van der Waals surface area contributed by atoms with E-state index in [0.29, 0.717) is 6.42 Å². The van der Waals surface area contributed by atoms with Crippen LogP contribution < -0.4 is 5.48 Å². The van der Waals surface area contributed by atoms with Gasteiger partial charge >= 0.3 is 0 Å². The van der Waals surface area contributed by atoms with Gasteiger partial charge in [0.2, 0.25) is 5.91 Å². The second-order valence-electron chi connectivity index (χ2n) is 3.85. The molecule has 0 saturated carbocycles. The predicted molar refractivity (Wildman–Crippen MR) is 72.1 cm³/mol. The standard InChI is InChI=1S/C12H14N2O2S2/c15-11(14-16)5-3-9-8-18-12(13-9)6-4-10-2-1-7-17-10/h1-2,7-8,16H,3-6H2,(H,14,15). The molecule has 0 fully saturated rings. The summed E-state index contributed by atoms with van der Waals surface area (Å²) in [5.41, 5.74) is 2.54. The molecule has 0 spiro atoms. The van der Waals surface area contributed by atoms with Crippen LogP contribution in [0.1, 0.15) is 22.0 Å². The molecule has 18 heavy (non-hydrogen) atoms. The van der Waals surface area contributed by atoms with Gasteiger partial charge in [-0.3, -0.25) is 10.0 Å². The van der Waals surface area contributed by atoms with Crippen LogP contribution in [0.25, 0.3) is 0 Å². The Morgan fingerprint density at radius 1 is 1.33 bits per heavy atom. The molecule has 0 aliphatic heterocycles. The lowest BCUT2D eigenvalue weighted by Crippen LogP contribution is -2.18. The second kappa shape index (κ2) is 6.63. The minimum atomic E-state index is -0.372. The first kappa shape index (κ1) is 13.2. The van der Waals surface area contributed by atoms with Crippen LogP contribution in [0, 0.1) is 0 Å². The number of thiophene rings is 1. The average Bonchev–Trinajstić information content (AvgIpc) is 3.04. The fourth-order valence-electron chi connectivity index (χ4n) is 1.56. The molecule has 4 nitrogen and oxygen atoms in total. The van der Waals surface area contributed by atoms with Crippen molar-refractivity contribution in [1.82, 2.24) is 10.5 Å². The Hall–Kier alpha value is -1.24. The van der Waals surface area contributed by atoms with E-state index in [-0.39, 0.29) is 12.3 Å². The molecule has 96 valence electrons. The lowest BCUT2D eigenvalue weighted by Gasteiger charge is -1.96. The maximum atomic E-state index is 10.9. The van der Waals surface area contributed by atoms with Crippen molar-refractivity contribution in [3.05, 3.63) is 38.5 Å². The van der Waals surface area contributed by atoms with E-state index in [0.717, 1.165) is 23.5 Å². The molecule has 0 aliphatic carbocycles. The topological polar surface area (TPSA) is 62.2 Å². The monoisotopic (exact) mass is 282 g/mol. The summed E-state index contributed by atoms with van der Waals surface area (Å²) in [6, 6.07) is 4.19. The van der Waals surface area contributed by atoms with E-state index in [1.807, 2.05) is 5.38 Å². The van der Waals surface area contributed by atoms with Crippen LogP contribution in [-0.2, 0) is 24.1 Å². The quantitative estimate of drug-likeness (QED) is 0.632. The summed E-state index contributed by atoms with van der Waals surface area (Å²) in [6.07, 6.45) is 2.80. The number of hydroxylamine groups is 1. The van der Waals surface area contributed by atoms with Gasteiger partial charge in [-0.05, 0) is 24.3 Å². The molecule has 0 unspecified atom stereocenters. The van der Waals surface area contributed by atoms with Gasteiger partial charge in [0.15, 0.2) is 0 Å². The van der Waals surface area contributed by atoms with Crippen molar-refractivity contribution in [2.75, 3.05) is 0 Å².